The van der Waals surface area contributed by atoms with E-state index in [0.29, 0.717) is 23.7 Å². The maximum Gasteiger partial charge on any atom is 0.242 e. The number of hydrogen-bond acceptors (Lipinski definition) is 3. The van der Waals surface area contributed by atoms with E-state index in [1.54, 1.807) is 29.7 Å². The molecule has 0 aliphatic carbocycles. The van der Waals surface area contributed by atoms with Crippen LogP contribution in [0.15, 0.2) is 54.6 Å². The zero-order valence-electron chi connectivity index (χ0n) is 17.9. The van der Waals surface area contributed by atoms with E-state index in [-0.39, 0.29) is 17.9 Å². The SMILES string of the molecule is CC[C@@H](C)NC(=O)[C@@H](C)N(Cc1ccccc1Cl)C(=O)CCSCc1ccccc1. The average molecular weight is 447 g/mol. The van der Waals surface area contributed by atoms with E-state index in [9.17, 15) is 9.59 Å². The van der Waals surface area contributed by atoms with Gasteiger partial charge in [0.15, 0.2) is 0 Å². The molecule has 0 unspecified atom stereocenters. The van der Waals surface area contributed by atoms with Crippen LogP contribution < -0.4 is 5.32 Å². The second kappa shape index (κ2) is 12.7. The third-order valence-corrected chi connectivity index (χ3v) is 6.44. The fraction of sp³-hybridized carbons (Fsp3) is 0.417. The molecule has 0 saturated carbocycles. The molecule has 2 aromatic rings. The molecular weight excluding hydrogens is 416 g/mol. The van der Waals surface area contributed by atoms with Crippen molar-refractivity contribution >= 4 is 35.2 Å². The lowest BCUT2D eigenvalue weighted by atomic mass is 10.1. The Kier molecular flexibility index (Phi) is 10.2. The van der Waals surface area contributed by atoms with Crippen LogP contribution in [0.3, 0.4) is 0 Å². The van der Waals surface area contributed by atoms with E-state index < -0.39 is 6.04 Å². The second-order valence-electron chi connectivity index (χ2n) is 7.40. The number of nitrogens with zero attached hydrogens (tertiary/aromatic N) is 1. The van der Waals surface area contributed by atoms with Gasteiger partial charge in [0.25, 0.3) is 0 Å². The molecule has 1 N–H and O–H groups in total. The number of nitrogens with one attached hydrogen (secondary N) is 1. The second-order valence-corrected chi connectivity index (χ2v) is 8.91. The van der Waals surface area contributed by atoms with Gasteiger partial charge < -0.3 is 10.2 Å². The topological polar surface area (TPSA) is 49.4 Å². The van der Waals surface area contributed by atoms with E-state index >= 15 is 0 Å². The fourth-order valence-electron chi connectivity index (χ4n) is 2.93. The van der Waals surface area contributed by atoms with Gasteiger partial charge in [-0.1, -0.05) is 67.1 Å². The van der Waals surface area contributed by atoms with E-state index in [1.165, 1.54) is 5.56 Å². The van der Waals surface area contributed by atoms with Crippen molar-refractivity contribution in [1.29, 1.82) is 0 Å². The molecule has 0 bridgehead atoms. The maximum absolute atomic E-state index is 13.1. The van der Waals surface area contributed by atoms with Crippen LogP contribution in [-0.2, 0) is 21.9 Å². The zero-order chi connectivity index (χ0) is 21.9. The molecule has 2 aromatic carbocycles. The van der Waals surface area contributed by atoms with Crippen LogP contribution >= 0.6 is 23.4 Å². The molecule has 0 heterocycles. The van der Waals surface area contributed by atoms with Crippen molar-refractivity contribution in [3.8, 4) is 0 Å². The molecule has 4 nitrogen and oxygen atoms in total. The first-order valence-electron chi connectivity index (χ1n) is 10.4. The van der Waals surface area contributed by atoms with E-state index in [2.05, 4.69) is 17.4 Å². The molecule has 6 heteroatoms. The number of benzene rings is 2. The molecule has 0 fully saturated rings. The molecule has 0 aromatic heterocycles. The molecular formula is C24H31ClN2O2S. The van der Waals surface area contributed by atoms with Gasteiger partial charge in [0.1, 0.15) is 6.04 Å². The van der Waals surface area contributed by atoms with Crippen molar-refractivity contribution in [1.82, 2.24) is 10.2 Å². The lowest BCUT2D eigenvalue weighted by molar-refractivity contribution is -0.140. The first-order valence-corrected chi connectivity index (χ1v) is 11.9. The van der Waals surface area contributed by atoms with Crippen molar-refractivity contribution < 1.29 is 9.59 Å². The van der Waals surface area contributed by atoms with Crippen molar-refractivity contribution in [2.75, 3.05) is 5.75 Å². The molecule has 0 saturated heterocycles. The van der Waals surface area contributed by atoms with Gasteiger partial charge in [-0.3, -0.25) is 9.59 Å². The summed E-state index contributed by atoms with van der Waals surface area (Å²) in [6.07, 6.45) is 1.22. The summed E-state index contributed by atoms with van der Waals surface area (Å²) in [5.74, 6) is 1.39. The monoisotopic (exact) mass is 446 g/mol. The van der Waals surface area contributed by atoms with Crippen LogP contribution in [0.5, 0.6) is 0 Å². The summed E-state index contributed by atoms with van der Waals surface area (Å²) in [5.41, 5.74) is 2.08. The summed E-state index contributed by atoms with van der Waals surface area (Å²) in [5, 5.41) is 3.58. The molecule has 2 amide bonds. The fourth-order valence-corrected chi connectivity index (χ4v) is 4.01. The van der Waals surface area contributed by atoms with Gasteiger partial charge in [-0.05, 0) is 37.5 Å². The molecule has 0 spiro atoms. The summed E-state index contributed by atoms with van der Waals surface area (Å²) in [4.78, 5) is 27.4. The van der Waals surface area contributed by atoms with E-state index in [4.69, 9.17) is 11.6 Å². The number of halogens is 1. The van der Waals surface area contributed by atoms with Gasteiger partial charge in [-0.2, -0.15) is 11.8 Å². The third-order valence-electron chi connectivity index (χ3n) is 5.04. The molecule has 0 aliphatic rings. The zero-order valence-corrected chi connectivity index (χ0v) is 19.5. The number of amides is 2. The predicted molar refractivity (Wildman–Crippen MR) is 127 cm³/mol. The quantitative estimate of drug-likeness (QED) is 0.477. The highest BCUT2D eigenvalue weighted by atomic mass is 35.5. The van der Waals surface area contributed by atoms with Crippen LogP contribution in [0.4, 0.5) is 0 Å². The molecule has 0 aliphatic heterocycles. The van der Waals surface area contributed by atoms with Gasteiger partial charge in [-0.25, -0.2) is 0 Å². The van der Waals surface area contributed by atoms with Gasteiger partial charge in [0, 0.05) is 35.5 Å². The van der Waals surface area contributed by atoms with Crippen LogP contribution in [0.2, 0.25) is 5.02 Å². The highest BCUT2D eigenvalue weighted by Gasteiger charge is 2.27. The Morgan fingerprint density at radius 2 is 1.73 bits per heavy atom. The third kappa shape index (κ3) is 7.69. The lowest BCUT2D eigenvalue weighted by Crippen LogP contribution is -2.49. The minimum absolute atomic E-state index is 0.0396. The van der Waals surface area contributed by atoms with E-state index in [0.717, 1.165) is 17.7 Å². The minimum Gasteiger partial charge on any atom is -0.352 e. The van der Waals surface area contributed by atoms with Crippen molar-refractivity contribution in [3.63, 3.8) is 0 Å². The van der Waals surface area contributed by atoms with Gasteiger partial charge in [-0.15, -0.1) is 0 Å². The molecule has 0 radical (unpaired) electrons. The van der Waals surface area contributed by atoms with Gasteiger partial charge in [0.2, 0.25) is 11.8 Å². The Bertz CT molecular complexity index is 816. The van der Waals surface area contributed by atoms with Crippen molar-refractivity contribution in [2.24, 2.45) is 0 Å². The molecule has 162 valence electrons. The molecule has 30 heavy (non-hydrogen) atoms. The number of hydrogen-bond donors (Lipinski definition) is 1. The Morgan fingerprint density at radius 3 is 2.40 bits per heavy atom. The number of carbonyl (C=O) groups is 2. The highest BCUT2D eigenvalue weighted by Crippen LogP contribution is 2.20. The molecule has 2 rings (SSSR count). The maximum atomic E-state index is 13.1. The Labute approximate surface area is 189 Å². The normalized spacial score (nSPS) is 12.8. The lowest BCUT2D eigenvalue weighted by Gasteiger charge is -2.30. The Balaban J connectivity index is 2.02. The Hall–Kier alpha value is -1.98. The standard InChI is InChI=1S/C24H31ClN2O2S/c1-4-18(2)26-24(29)19(3)27(16-21-12-8-9-13-22(21)25)23(28)14-15-30-17-20-10-6-5-7-11-20/h5-13,18-19H,4,14-17H2,1-3H3,(H,26,29)/t18-,19-/m1/s1. The summed E-state index contributed by atoms with van der Waals surface area (Å²) in [7, 11) is 0. The van der Waals surface area contributed by atoms with Crippen LogP contribution in [-0.4, -0.2) is 34.6 Å². The first-order chi connectivity index (χ1) is 14.4. The van der Waals surface area contributed by atoms with Gasteiger partial charge >= 0.3 is 0 Å². The smallest absolute Gasteiger partial charge is 0.242 e. The number of rotatable bonds is 11. The number of carbonyl (C=O) groups excluding carboxylic acids is 2. The number of thioether (sulfide) groups is 1. The van der Waals surface area contributed by atoms with Crippen LogP contribution in [0, 0.1) is 0 Å². The summed E-state index contributed by atoms with van der Waals surface area (Å²) >= 11 is 8.04. The molecule has 2 atom stereocenters. The van der Waals surface area contributed by atoms with Crippen molar-refractivity contribution in [2.45, 2.75) is 58.0 Å². The first kappa shape index (κ1) is 24.3. The largest absolute Gasteiger partial charge is 0.352 e. The van der Waals surface area contributed by atoms with E-state index in [1.807, 2.05) is 50.2 Å². The minimum atomic E-state index is -0.568. The summed E-state index contributed by atoms with van der Waals surface area (Å²) in [6.45, 7) is 6.08. The van der Waals surface area contributed by atoms with Crippen molar-refractivity contribution in [3.05, 3.63) is 70.7 Å². The van der Waals surface area contributed by atoms with Crippen LogP contribution in [0.1, 0.15) is 44.7 Å². The highest BCUT2D eigenvalue weighted by molar-refractivity contribution is 7.98. The predicted octanol–water partition coefficient (Wildman–Crippen LogP) is 5.30. The van der Waals surface area contributed by atoms with Crippen LogP contribution in [0.25, 0.3) is 0 Å². The summed E-state index contributed by atoms with van der Waals surface area (Å²) < 4.78 is 0. The average Bonchev–Trinajstić information content (AvgIpc) is 2.76. The van der Waals surface area contributed by atoms with Gasteiger partial charge in [0.05, 0.1) is 0 Å². The Morgan fingerprint density at radius 1 is 1.07 bits per heavy atom. The summed E-state index contributed by atoms with van der Waals surface area (Å²) in [6, 6.07) is 17.1.